The van der Waals surface area contributed by atoms with Gasteiger partial charge in [-0.1, -0.05) is 32.0 Å². The molecule has 0 aliphatic carbocycles. The zero-order valence-electron chi connectivity index (χ0n) is 14.9. The van der Waals surface area contributed by atoms with Crippen molar-refractivity contribution in [2.24, 2.45) is 0 Å². The lowest BCUT2D eigenvalue weighted by Crippen LogP contribution is -2.27. The fraction of sp³-hybridized carbons (Fsp3) is 0.368. The number of likely N-dealkylation sites (N-methyl/N-ethyl adjacent to an activating group) is 1. The first kappa shape index (κ1) is 19.2. The van der Waals surface area contributed by atoms with Gasteiger partial charge in [0.15, 0.2) is 0 Å². The van der Waals surface area contributed by atoms with Crippen LogP contribution in [0, 0.1) is 0 Å². The van der Waals surface area contributed by atoms with Crippen LogP contribution in [0.25, 0.3) is 11.0 Å². The number of fused-ring (bicyclic) bond motifs is 1. The maximum atomic E-state index is 4.76. The van der Waals surface area contributed by atoms with Crippen LogP contribution >= 0.6 is 12.4 Å². The summed E-state index contributed by atoms with van der Waals surface area (Å²) in [6, 6.07) is 14.3. The van der Waals surface area contributed by atoms with E-state index < -0.39 is 0 Å². The summed E-state index contributed by atoms with van der Waals surface area (Å²) in [5.74, 6) is 0.911. The molecule has 2 aromatic heterocycles. The van der Waals surface area contributed by atoms with E-state index in [0.717, 1.165) is 43.3 Å². The summed E-state index contributed by atoms with van der Waals surface area (Å²) >= 11 is 0. The minimum absolute atomic E-state index is 0. The quantitative estimate of drug-likeness (QED) is 0.664. The molecule has 0 aliphatic heterocycles. The Bertz CT molecular complexity index is 768. The van der Waals surface area contributed by atoms with E-state index in [4.69, 9.17) is 4.98 Å². The molecule has 0 radical (unpaired) electrons. The number of para-hydroxylation sites is 2. The van der Waals surface area contributed by atoms with Crippen LogP contribution in [0.15, 0.2) is 48.7 Å². The van der Waals surface area contributed by atoms with Crippen LogP contribution in [0.5, 0.6) is 0 Å². The Morgan fingerprint density at radius 3 is 2.52 bits per heavy atom. The molecule has 0 aliphatic rings. The van der Waals surface area contributed by atoms with Crippen LogP contribution in [0.2, 0.25) is 0 Å². The van der Waals surface area contributed by atoms with Gasteiger partial charge in [0.25, 0.3) is 0 Å². The van der Waals surface area contributed by atoms with Crippen molar-refractivity contribution >= 4 is 29.4 Å². The number of nitrogens with zero attached hydrogens (tertiary/aromatic N) is 4. The van der Waals surface area contributed by atoms with Crippen molar-refractivity contribution in [2.75, 3.05) is 25.0 Å². The Morgan fingerprint density at radius 2 is 1.80 bits per heavy atom. The lowest BCUT2D eigenvalue weighted by atomic mass is 10.3. The zero-order chi connectivity index (χ0) is 16.8. The molecule has 0 bridgehead atoms. The highest BCUT2D eigenvalue weighted by Gasteiger charge is 2.11. The third kappa shape index (κ3) is 4.71. The van der Waals surface area contributed by atoms with Gasteiger partial charge in [-0.2, -0.15) is 0 Å². The van der Waals surface area contributed by atoms with Crippen molar-refractivity contribution in [3.05, 3.63) is 54.4 Å². The SMILES string of the molecule is CCN(CC)CCn1c(NCc2ccccn2)nc2ccccc21.Cl. The van der Waals surface area contributed by atoms with Gasteiger partial charge in [-0.05, 0) is 37.4 Å². The number of rotatable bonds is 8. The summed E-state index contributed by atoms with van der Waals surface area (Å²) in [5, 5.41) is 3.45. The minimum Gasteiger partial charge on any atom is -0.350 e. The molecular weight excluding hydrogens is 334 g/mol. The van der Waals surface area contributed by atoms with Crippen LogP contribution in [0.4, 0.5) is 5.95 Å². The molecule has 0 fully saturated rings. The molecule has 2 heterocycles. The molecular formula is C19H26ClN5. The highest BCUT2D eigenvalue weighted by Crippen LogP contribution is 2.20. The molecule has 1 aromatic carbocycles. The van der Waals surface area contributed by atoms with E-state index >= 15 is 0 Å². The number of anilines is 1. The fourth-order valence-corrected chi connectivity index (χ4v) is 2.89. The summed E-state index contributed by atoms with van der Waals surface area (Å²) < 4.78 is 2.27. The largest absolute Gasteiger partial charge is 0.350 e. The van der Waals surface area contributed by atoms with Crippen molar-refractivity contribution < 1.29 is 0 Å². The van der Waals surface area contributed by atoms with E-state index in [2.05, 4.69) is 51.8 Å². The molecule has 3 rings (SSSR count). The topological polar surface area (TPSA) is 46.0 Å². The Hall–Kier alpha value is -2.11. The number of hydrogen-bond acceptors (Lipinski definition) is 4. The normalized spacial score (nSPS) is 10.8. The number of benzene rings is 1. The second-order valence-corrected chi connectivity index (χ2v) is 5.78. The van der Waals surface area contributed by atoms with Crippen molar-refractivity contribution in [3.8, 4) is 0 Å². The van der Waals surface area contributed by atoms with Gasteiger partial charge in [-0.25, -0.2) is 4.98 Å². The van der Waals surface area contributed by atoms with Gasteiger partial charge in [-0.3, -0.25) is 4.98 Å². The summed E-state index contributed by atoms with van der Waals surface area (Å²) in [4.78, 5) is 11.6. The standard InChI is InChI=1S/C19H25N5.ClH/c1-3-23(4-2)13-14-24-18-11-6-5-10-17(18)22-19(24)21-15-16-9-7-8-12-20-16;/h5-12H,3-4,13-15H2,1-2H3,(H,21,22);1H. The molecule has 0 saturated carbocycles. The molecule has 0 unspecified atom stereocenters. The predicted molar refractivity (Wildman–Crippen MR) is 106 cm³/mol. The summed E-state index contributed by atoms with van der Waals surface area (Å²) in [6.07, 6.45) is 1.82. The number of imidazole rings is 1. The van der Waals surface area contributed by atoms with E-state index in [0.29, 0.717) is 6.54 Å². The molecule has 0 spiro atoms. The lowest BCUT2D eigenvalue weighted by Gasteiger charge is -2.19. The number of nitrogens with one attached hydrogen (secondary N) is 1. The molecule has 0 amide bonds. The van der Waals surface area contributed by atoms with Crippen molar-refractivity contribution in [1.29, 1.82) is 0 Å². The Kier molecular flexibility index (Phi) is 7.22. The van der Waals surface area contributed by atoms with Crippen LogP contribution < -0.4 is 5.32 Å². The molecule has 134 valence electrons. The molecule has 6 heteroatoms. The molecule has 0 atom stereocenters. The molecule has 3 aromatic rings. The fourth-order valence-electron chi connectivity index (χ4n) is 2.89. The maximum Gasteiger partial charge on any atom is 0.204 e. The van der Waals surface area contributed by atoms with E-state index in [9.17, 15) is 0 Å². The van der Waals surface area contributed by atoms with Gasteiger partial charge in [0.05, 0.1) is 23.3 Å². The van der Waals surface area contributed by atoms with E-state index in [-0.39, 0.29) is 12.4 Å². The van der Waals surface area contributed by atoms with Gasteiger partial charge < -0.3 is 14.8 Å². The van der Waals surface area contributed by atoms with Crippen LogP contribution in [0.1, 0.15) is 19.5 Å². The Balaban J connectivity index is 0.00000225. The first-order chi connectivity index (χ1) is 11.8. The molecule has 25 heavy (non-hydrogen) atoms. The van der Waals surface area contributed by atoms with Crippen molar-refractivity contribution in [2.45, 2.75) is 26.9 Å². The third-order valence-corrected chi connectivity index (χ3v) is 4.34. The second kappa shape index (κ2) is 9.39. The predicted octanol–water partition coefficient (Wildman–Crippen LogP) is 3.81. The molecule has 0 saturated heterocycles. The minimum atomic E-state index is 0. The first-order valence-electron chi connectivity index (χ1n) is 8.63. The second-order valence-electron chi connectivity index (χ2n) is 5.78. The monoisotopic (exact) mass is 359 g/mol. The zero-order valence-corrected chi connectivity index (χ0v) is 15.7. The first-order valence-corrected chi connectivity index (χ1v) is 8.63. The number of halogens is 1. The number of hydrogen-bond donors (Lipinski definition) is 1. The van der Waals surface area contributed by atoms with Crippen LogP contribution in [-0.2, 0) is 13.1 Å². The molecule has 1 N–H and O–H groups in total. The maximum absolute atomic E-state index is 4.76. The highest BCUT2D eigenvalue weighted by molar-refractivity contribution is 5.85. The molecule has 5 nitrogen and oxygen atoms in total. The number of pyridine rings is 1. The smallest absolute Gasteiger partial charge is 0.204 e. The van der Waals surface area contributed by atoms with Crippen LogP contribution in [0.3, 0.4) is 0 Å². The van der Waals surface area contributed by atoms with Gasteiger partial charge in [-0.15, -0.1) is 12.4 Å². The lowest BCUT2D eigenvalue weighted by molar-refractivity contribution is 0.292. The summed E-state index contributed by atoms with van der Waals surface area (Å²) in [5.41, 5.74) is 3.22. The Morgan fingerprint density at radius 1 is 1.04 bits per heavy atom. The Labute approximate surface area is 155 Å². The number of aromatic nitrogens is 3. The summed E-state index contributed by atoms with van der Waals surface area (Å²) in [6.45, 7) is 9.17. The average molecular weight is 360 g/mol. The van der Waals surface area contributed by atoms with Gasteiger partial charge >= 0.3 is 0 Å². The van der Waals surface area contributed by atoms with Crippen molar-refractivity contribution in [1.82, 2.24) is 19.4 Å². The van der Waals surface area contributed by atoms with Crippen molar-refractivity contribution in [3.63, 3.8) is 0 Å². The average Bonchev–Trinajstić information content (AvgIpc) is 2.99. The van der Waals surface area contributed by atoms with Gasteiger partial charge in [0, 0.05) is 19.3 Å². The van der Waals surface area contributed by atoms with Gasteiger partial charge in [0.1, 0.15) is 0 Å². The van der Waals surface area contributed by atoms with Crippen LogP contribution in [-0.4, -0.2) is 39.1 Å². The highest BCUT2D eigenvalue weighted by atomic mass is 35.5. The van der Waals surface area contributed by atoms with E-state index in [1.165, 1.54) is 5.52 Å². The van der Waals surface area contributed by atoms with E-state index in [1.807, 2.05) is 30.5 Å². The van der Waals surface area contributed by atoms with E-state index in [1.54, 1.807) is 0 Å². The third-order valence-electron chi connectivity index (χ3n) is 4.34. The van der Waals surface area contributed by atoms with Gasteiger partial charge in [0.2, 0.25) is 5.95 Å². The summed E-state index contributed by atoms with van der Waals surface area (Å²) in [7, 11) is 0.